The van der Waals surface area contributed by atoms with E-state index in [9.17, 15) is 0 Å². The Morgan fingerprint density at radius 3 is 3.27 bits per heavy atom. The number of nitrogens with zero attached hydrogens (tertiary/aromatic N) is 2. The minimum atomic E-state index is 0.362. The highest BCUT2D eigenvalue weighted by atomic mass is 16.5. The van der Waals surface area contributed by atoms with Gasteiger partial charge in [0.05, 0.1) is 0 Å². The molecule has 3 nitrogen and oxygen atoms in total. The summed E-state index contributed by atoms with van der Waals surface area (Å²) in [6, 6.07) is 1.66. The fourth-order valence-corrected chi connectivity index (χ4v) is 0.512. The maximum Gasteiger partial charge on any atom is 0.217 e. The van der Waals surface area contributed by atoms with E-state index in [1.165, 1.54) is 0 Å². The minimum Gasteiger partial charge on any atom is -0.464 e. The van der Waals surface area contributed by atoms with Crippen LogP contribution in [-0.4, -0.2) is 16.6 Å². The van der Waals surface area contributed by atoms with Crippen LogP contribution in [0.4, 0.5) is 0 Å². The largest absolute Gasteiger partial charge is 0.464 e. The fourth-order valence-electron chi connectivity index (χ4n) is 0.512. The van der Waals surface area contributed by atoms with Gasteiger partial charge in [-0.05, 0) is 6.92 Å². The van der Waals surface area contributed by atoms with Crippen molar-refractivity contribution in [2.24, 2.45) is 0 Å². The Kier molecular flexibility index (Phi) is 2.94. The van der Waals surface area contributed by atoms with Gasteiger partial charge >= 0.3 is 0 Å². The van der Waals surface area contributed by atoms with Crippen LogP contribution in [0.1, 0.15) is 6.92 Å². The second kappa shape index (κ2) is 4.29. The summed E-state index contributed by atoms with van der Waals surface area (Å²) in [6.07, 6.45) is 3.99. The van der Waals surface area contributed by atoms with Crippen LogP contribution in [0.5, 0.6) is 5.88 Å². The van der Waals surface area contributed by atoms with Crippen molar-refractivity contribution < 1.29 is 4.74 Å². The first kappa shape index (κ1) is 7.55. The summed E-state index contributed by atoms with van der Waals surface area (Å²) in [5, 5.41) is 0. The highest BCUT2D eigenvalue weighted by molar-refractivity contribution is 5.06. The molecule has 0 N–H and O–H groups in total. The Balaban J connectivity index is 2.43. The van der Waals surface area contributed by atoms with E-state index in [1.54, 1.807) is 19.2 Å². The van der Waals surface area contributed by atoms with Crippen molar-refractivity contribution in [3.05, 3.63) is 18.6 Å². The summed E-state index contributed by atoms with van der Waals surface area (Å²) in [4.78, 5) is 7.35. The minimum absolute atomic E-state index is 0.362. The van der Waals surface area contributed by atoms with Gasteiger partial charge in [0.25, 0.3) is 0 Å². The molecule has 3 heteroatoms. The first-order valence-electron chi connectivity index (χ1n) is 3.15. The monoisotopic (exact) mass is 147 g/mol. The predicted molar refractivity (Wildman–Crippen MR) is 39.8 cm³/mol. The molecule has 0 fully saturated rings. The Hall–Kier alpha value is -1.56. The van der Waals surface area contributed by atoms with Gasteiger partial charge in [0.15, 0.2) is 6.61 Å². The van der Waals surface area contributed by atoms with E-state index in [0.717, 1.165) is 0 Å². The normalized spacial score (nSPS) is 8.09. The van der Waals surface area contributed by atoms with Gasteiger partial charge in [-0.2, -0.15) is 4.98 Å². The number of aromatic nitrogens is 2. The number of ether oxygens (including phenoxy) is 1. The Morgan fingerprint density at radius 2 is 2.64 bits per heavy atom. The molecule has 55 valence electrons. The van der Waals surface area contributed by atoms with Gasteiger partial charge in [0.2, 0.25) is 12.2 Å². The van der Waals surface area contributed by atoms with Gasteiger partial charge in [-0.25, -0.2) is 4.98 Å². The van der Waals surface area contributed by atoms with E-state index in [1.807, 2.05) is 0 Å². The average Bonchev–Trinajstić information content (AvgIpc) is 2.07. The van der Waals surface area contributed by atoms with E-state index in [2.05, 4.69) is 28.1 Å². The Bertz CT molecular complexity index is 260. The van der Waals surface area contributed by atoms with Crippen LogP contribution in [-0.2, 0) is 0 Å². The lowest BCUT2D eigenvalue weighted by Crippen LogP contribution is -1.95. The molecule has 11 heavy (non-hydrogen) atoms. The summed E-state index contributed by atoms with van der Waals surface area (Å²) in [5.74, 6) is 5.96. The molecule has 0 aliphatic carbocycles. The highest BCUT2D eigenvalue weighted by Gasteiger charge is 1.88. The first-order chi connectivity index (χ1) is 5.43. The molecule has 0 bridgehead atoms. The second-order valence-electron chi connectivity index (χ2n) is 1.71. The molecule has 0 saturated carbocycles. The van der Waals surface area contributed by atoms with Crippen LogP contribution in [0.25, 0.3) is 0 Å². The third kappa shape index (κ3) is 2.67. The van der Waals surface area contributed by atoms with Crippen LogP contribution >= 0.6 is 0 Å². The average molecular weight is 147 g/mol. The molecule has 0 amide bonds. The molecule has 0 atom stereocenters. The zero-order chi connectivity index (χ0) is 7.94. The molecule has 1 rings (SSSR count). The predicted octanol–water partition coefficient (Wildman–Crippen LogP) is 0.679. The number of hydrogen-bond donors (Lipinski definition) is 0. The quantitative estimate of drug-likeness (QED) is 0.577. The van der Waals surface area contributed by atoms with Gasteiger partial charge in [0.1, 0.15) is 0 Å². The number of rotatable bonds is 2. The smallest absolute Gasteiger partial charge is 0.217 e. The van der Waals surface area contributed by atoms with Crippen LogP contribution < -0.4 is 4.74 Å². The van der Waals surface area contributed by atoms with E-state index in [4.69, 9.17) is 4.74 Å². The third-order valence-corrected chi connectivity index (χ3v) is 0.979. The molecule has 0 saturated heterocycles. The van der Waals surface area contributed by atoms with Gasteiger partial charge in [0, 0.05) is 12.3 Å². The van der Waals surface area contributed by atoms with E-state index < -0.39 is 0 Å². The van der Waals surface area contributed by atoms with Crippen molar-refractivity contribution in [2.45, 2.75) is 6.92 Å². The molecule has 0 aromatic carbocycles. The molecule has 1 aromatic rings. The van der Waals surface area contributed by atoms with Crippen molar-refractivity contribution in [3.63, 3.8) is 0 Å². The van der Waals surface area contributed by atoms with Crippen molar-refractivity contribution in [1.29, 1.82) is 0 Å². The summed E-state index contributed by atoms with van der Waals surface area (Å²) in [5.41, 5.74) is 0. The molecule has 0 aliphatic heterocycles. The van der Waals surface area contributed by atoms with Crippen LogP contribution in [0.2, 0.25) is 0 Å². The van der Waals surface area contributed by atoms with Gasteiger partial charge in [-0.1, -0.05) is 5.92 Å². The van der Waals surface area contributed by atoms with Crippen molar-refractivity contribution in [3.8, 4) is 17.7 Å². The third-order valence-electron chi connectivity index (χ3n) is 0.979. The topological polar surface area (TPSA) is 35.0 Å². The van der Waals surface area contributed by atoms with Crippen LogP contribution in [0, 0.1) is 18.2 Å². The van der Waals surface area contributed by atoms with E-state index >= 15 is 0 Å². The standard InChI is InChI=1S/C8H7N2O/c1-2-3-6-11-8-4-5-9-7-10-8/h4-5H,6H2,1H3. The Labute approximate surface area is 65.4 Å². The summed E-state index contributed by atoms with van der Waals surface area (Å²) < 4.78 is 5.09. The zero-order valence-electron chi connectivity index (χ0n) is 6.16. The Morgan fingerprint density at radius 1 is 1.73 bits per heavy atom. The number of hydrogen-bond acceptors (Lipinski definition) is 3. The lowest BCUT2D eigenvalue weighted by atomic mass is 10.6. The molecule has 1 heterocycles. The maximum atomic E-state index is 5.09. The summed E-state index contributed by atoms with van der Waals surface area (Å²) in [6.45, 7) is 2.12. The lowest BCUT2D eigenvalue weighted by molar-refractivity contribution is 0.354. The molecular weight excluding hydrogens is 140 g/mol. The molecule has 0 spiro atoms. The van der Waals surface area contributed by atoms with Gasteiger partial charge in [-0.15, -0.1) is 5.92 Å². The van der Waals surface area contributed by atoms with Crippen LogP contribution in [0.15, 0.2) is 12.3 Å². The van der Waals surface area contributed by atoms with Gasteiger partial charge in [-0.3, -0.25) is 0 Å². The molecular formula is C8H7N2O. The highest BCUT2D eigenvalue weighted by Crippen LogP contribution is 1.99. The van der Waals surface area contributed by atoms with E-state index in [0.29, 0.717) is 12.5 Å². The van der Waals surface area contributed by atoms with Crippen molar-refractivity contribution in [2.75, 3.05) is 6.61 Å². The fraction of sp³-hybridized carbons (Fsp3) is 0.250. The second-order valence-corrected chi connectivity index (χ2v) is 1.71. The first-order valence-corrected chi connectivity index (χ1v) is 3.15. The molecule has 0 aliphatic rings. The maximum absolute atomic E-state index is 5.09. The summed E-state index contributed by atoms with van der Waals surface area (Å²) in [7, 11) is 0. The van der Waals surface area contributed by atoms with Crippen LogP contribution in [0.3, 0.4) is 0 Å². The van der Waals surface area contributed by atoms with E-state index in [-0.39, 0.29) is 0 Å². The lowest BCUT2D eigenvalue weighted by Gasteiger charge is -1.96. The van der Waals surface area contributed by atoms with Crippen molar-refractivity contribution >= 4 is 0 Å². The zero-order valence-corrected chi connectivity index (χ0v) is 6.16. The van der Waals surface area contributed by atoms with Crippen molar-refractivity contribution in [1.82, 2.24) is 9.97 Å². The summed E-state index contributed by atoms with van der Waals surface area (Å²) >= 11 is 0. The molecule has 1 radical (unpaired) electrons. The van der Waals surface area contributed by atoms with Gasteiger partial charge < -0.3 is 4.74 Å². The molecule has 1 aromatic heterocycles. The SMILES string of the molecule is CC#CCOc1ccn[c]n1. The molecule has 0 unspecified atom stereocenters.